The zero-order chi connectivity index (χ0) is 23.2. The minimum atomic E-state index is -2.88. The van der Waals surface area contributed by atoms with Crippen LogP contribution in [0, 0.1) is 17.7 Å². The minimum Gasteiger partial charge on any atom is -0.435 e. The van der Waals surface area contributed by atoms with E-state index in [-0.39, 0.29) is 17.1 Å². The van der Waals surface area contributed by atoms with Crippen LogP contribution in [0.1, 0.15) is 23.1 Å². The van der Waals surface area contributed by atoms with Gasteiger partial charge in [0.2, 0.25) is 0 Å². The monoisotopic (exact) mass is 442 g/mol. The summed E-state index contributed by atoms with van der Waals surface area (Å²) in [6, 6.07) is 23.4. The van der Waals surface area contributed by atoms with Gasteiger partial charge < -0.3 is 4.74 Å². The van der Waals surface area contributed by atoms with Crippen molar-refractivity contribution in [2.75, 3.05) is 0 Å². The number of hydrogen-bond donors (Lipinski definition) is 0. The van der Waals surface area contributed by atoms with E-state index in [4.69, 9.17) is 0 Å². The smallest absolute Gasteiger partial charge is 0.387 e. The highest BCUT2D eigenvalue weighted by molar-refractivity contribution is 5.89. The molecule has 0 aliphatic carbocycles. The topological polar surface area (TPSA) is 9.23 Å². The van der Waals surface area contributed by atoms with Crippen LogP contribution in [0.2, 0.25) is 0 Å². The number of allylic oxidation sites excluding steroid dienone is 1. The number of hydrogen-bond acceptors (Lipinski definition) is 1. The average Bonchev–Trinajstić information content (AvgIpc) is 2.83. The van der Waals surface area contributed by atoms with Gasteiger partial charge in [-0.15, -0.1) is 6.58 Å². The van der Waals surface area contributed by atoms with E-state index >= 15 is 4.39 Å². The van der Waals surface area contributed by atoms with Crippen LogP contribution in [0.3, 0.4) is 0 Å². The zero-order valence-corrected chi connectivity index (χ0v) is 17.8. The molecule has 0 saturated heterocycles. The van der Waals surface area contributed by atoms with Crippen LogP contribution in [0.25, 0.3) is 21.9 Å². The fraction of sp³-hybridized carbons (Fsp3) is 0.103. The molecule has 0 bridgehead atoms. The Labute approximate surface area is 191 Å². The molecule has 0 spiro atoms. The number of rotatable bonds is 6. The summed E-state index contributed by atoms with van der Waals surface area (Å²) in [4.78, 5) is 0. The summed E-state index contributed by atoms with van der Waals surface area (Å²) in [5, 5.41) is 1.29. The van der Waals surface area contributed by atoms with E-state index in [9.17, 15) is 8.78 Å². The molecule has 0 amide bonds. The summed E-state index contributed by atoms with van der Waals surface area (Å²) in [6.07, 6.45) is 3.81. The van der Waals surface area contributed by atoms with Gasteiger partial charge in [-0.2, -0.15) is 8.78 Å². The lowest BCUT2D eigenvalue weighted by atomic mass is 9.98. The number of aryl methyl sites for hydroxylation is 1. The van der Waals surface area contributed by atoms with Crippen LogP contribution >= 0.6 is 0 Å². The maximum Gasteiger partial charge on any atom is 0.387 e. The van der Waals surface area contributed by atoms with Gasteiger partial charge in [0.25, 0.3) is 0 Å². The molecule has 4 rings (SSSR count). The highest BCUT2D eigenvalue weighted by Gasteiger charge is 2.08. The summed E-state index contributed by atoms with van der Waals surface area (Å²) in [6.45, 7) is 0.876. The first-order valence-corrected chi connectivity index (χ1v) is 10.5. The fourth-order valence-electron chi connectivity index (χ4n) is 3.56. The Hall–Kier alpha value is -3.97. The van der Waals surface area contributed by atoms with Gasteiger partial charge in [-0.25, -0.2) is 4.39 Å². The van der Waals surface area contributed by atoms with E-state index in [0.29, 0.717) is 10.9 Å². The number of ether oxygens (including phenoxy) is 1. The van der Waals surface area contributed by atoms with Crippen LogP contribution in [-0.4, -0.2) is 6.61 Å². The van der Waals surface area contributed by atoms with Gasteiger partial charge in [0.1, 0.15) is 11.6 Å². The Morgan fingerprint density at radius 1 is 0.848 bits per heavy atom. The van der Waals surface area contributed by atoms with Crippen molar-refractivity contribution in [3.63, 3.8) is 0 Å². The predicted molar refractivity (Wildman–Crippen MR) is 127 cm³/mol. The minimum absolute atomic E-state index is 0.0506. The van der Waals surface area contributed by atoms with Crippen LogP contribution in [0.5, 0.6) is 5.75 Å². The van der Waals surface area contributed by atoms with Crippen molar-refractivity contribution in [3.05, 3.63) is 114 Å². The summed E-state index contributed by atoms with van der Waals surface area (Å²) < 4.78 is 43.9. The third-order valence-electron chi connectivity index (χ3n) is 5.30. The van der Waals surface area contributed by atoms with Gasteiger partial charge in [0.05, 0.1) is 5.56 Å². The maximum absolute atomic E-state index is 15.1. The van der Waals surface area contributed by atoms with Crippen LogP contribution in [0.15, 0.2) is 91.5 Å². The van der Waals surface area contributed by atoms with Crippen molar-refractivity contribution in [2.24, 2.45) is 0 Å². The maximum atomic E-state index is 15.1. The molecule has 33 heavy (non-hydrogen) atoms. The van der Waals surface area contributed by atoms with Crippen LogP contribution in [0.4, 0.5) is 13.2 Å². The molecule has 4 aromatic rings. The zero-order valence-electron chi connectivity index (χ0n) is 17.8. The Morgan fingerprint density at radius 3 is 2.27 bits per heavy atom. The van der Waals surface area contributed by atoms with Crippen molar-refractivity contribution in [3.8, 4) is 28.7 Å². The van der Waals surface area contributed by atoms with Crippen LogP contribution in [-0.2, 0) is 6.42 Å². The largest absolute Gasteiger partial charge is 0.435 e. The molecule has 0 saturated carbocycles. The molecule has 0 aromatic heterocycles. The number of halogens is 3. The molecule has 0 unspecified atom stereocenters. The first-order valence-electron chi connectivity index (χ1n) is 10.5. The van der Waals surface area contributed by atoms with Crippen molar-refractivity contribution in [1.29, 1.82) is 0 Å². The average molecular weight is 442 g/mol. The SMILES string of the molecule is C=CCCc1ccc(-c2ccc3c(F)c(C#Cc4ccc(OC(F)F)cc4)ccc3c2)cc1. The molecule has 1 nitrogen and oxygen atoms in total. The first kappa shape index (κ1) is 22.2. The normalized spacial score (nSPS) is 10.7. The molecular weight excluding hydrogens is 421 g/mol. The Balaban J connectivity index is 1.56. The third kappa shape index (κ3) is 5.45. The Kier molecular flexibility index (Phi) is 6.80. The molecular formula is C29H21F3O. The predicted octanol–water partition coefficient (Wildman–Crippen LogP) is 7.77. The molecule has 164 valence electrons. The number of alkyl halides is 2. The summed E-state index contributed by atoms with van der Waals surface area (Å²) >= 11 is 0. The molecule has 0 fully saturated rings. The van der Waals surface area contributed by atoms with Crippen molar-refractivity contribution >= 4 is 10.8 Å². The van der Waals surface area contributed by atoms with E-state index in [2.05, 4.69) is 47.4 Å². The molecule has 0 N–H and O–H groups in total. The molecule has 0 radical (unpaired) electrons. The molecule has 0 aliphatic rings. The van der Waals surface area contributed by atoms with Gasteiger partial charge in [-0.1, -0.05) is 60.4 Å². The van der Waals surface area contributed by atoms with E-state index in [0.717, 1.165) is 29.4 Å². The van der Waals surface area contributed by atoms with Crippen molar-refractivity contribution < 1.29 is 17.9 Å². The highest BCUT2D eigenvalue weighted by Crippen LogP contribution is 2.28. The van der Waals surface area contributed by atoms with Crippen molar-refractivity contribution in [2.45, 2.75) is 19.5 Å². The van der Waals surface area contributed by atoms with Gasteiger partial charge in [0.15, 0.2) is 0 Å². The molecule has 4 aromatic carbocycles. The lowest BCUT2D eigenvalue weighted by molar-refractivity contribution is -0.0498. The van der Waals surface area contributed by atoms with Gasteiger partial charge in [0, 0.05) is 10.9 Å². The number of fused-ring (bicyclic) bond motifs is 1. The highest BCUT2D eigenvalue weighted by atomic mass is 19.3. The second-order valence-corrected chi connectivity index (χ2v) is 7.54. The van der Waals surface area contributed by atoms with E-state index in [1.165, 1.54) is 17.7 Å². The van der Waals surface area contributed by atoms with E-state index in [1.807, 2.05) is 24.3 Å². The quantitative estimate of drug-likeness (QED) is 0.219. The molecule has 0 heterocycles. The van der Waals surface area contributed by atoms with Gasteiger partial charge in [-0.05, 0) is 71.3 Å². The van der Waals surface area contributed by atoms with Crippen molar-refractivity contribution in [1.82, 2.24) is 0 Å². The molecule has 0 atom stereocenters. The third-order valence-corrected chi connectivity index (χ3v) is 5.30. The van der Waals surface area contributed by atoms with Gasteiger partial charge >= 0.3 is 6.61 Å². The Morgan fingerprint density at radius 2 is 1.58 bits per heavy atom. The van der Waals surface area contributed by atoms with Crippen LogP contribution < -0.4 is 4.74 Å². The van der Waals surface area contributed by atoms with Gasteiger partial charge in [-0.3, -0.25) is 0 Å². The summed E-state index contributed by atoms with van der Waals surface area (Å²) in [5.41, 5.74) is 4.19. The first-order chi connectivity index (χ1) is 16.0. The second kappa shape index (κ2) is 10.1. The lowest BCUT2D eigenvalue weighted by Gasteiger charge is -2.07. The number of benzene rings is 4. The van der Waals surface area contributed by atoms with E-state index in [1.54, 1.807) is 24.3 Å². The molecule has 0 aliphatic heterocycles. The Bertz CT molecular complexity index is 1330. The van der Waals surface area contributed by atoms with E-state index < -0.39 is 6.61 Å². The summed E-state index contributed by atoms with van der Waals surface area (Å²) in [5.74, 6) is 5.36. The fourth-order valence-corrected chi connectivity index (χ4v) is 3.56. The second-order valence-electron chi connectivity index (χ2n) is 7.54. The standard InChI is InChI=1S/C29H21F3O/c1-2-3-4-20-5-10-22(11-6-20)24-15-18-27-25(19-24)14-13-23(28(27)30)12-7-21-8-16-26(17-9-21)33-29(31)32/h2,5-6,8-11,13-19,29H,1,3-4H2. The summed E-state index contributed by atoms with van der Waals surface area (Å²) in [7, 11) is 0. The molecule has 4 heteroatoms. The lowest BCUT2D eigenvalue weighted by Crippen LogP contribution is -2.01.